The number of hydrogen-bond acceptors (Lipinski definition) is 1. The van der Waals surface area contributed by atoms with E-state index >= 15 is 0 Å². The molecule has 1 N–H and O–H groups in total. The monoisotopic (exact) mass is 156 g/mol. The molecule has 0 aliphatic rings. The summed E-state index contributed by atoms with van der Waals surface area (Å²) in [4.78, 5) is 0. The lowest BCUT2D eigenvalue weighted by atomic mass is 10.0. The van der Waals surface area contributed by atoms with Crippen molar-refractivity contribution in [3.8, 4) is 0 Å². The van der Waals surface area contributed by atoms with E-state index < -0.39 is 0 Å². The molecule has 0 heterocycles. The molecule has 0 amide bonds. The molecule has 0 fully saturated rings. The van der Waals surface area contributed by atoms with Crippen molar-refractivity contribution < 1.29 is 5.11 Å². The molecule has 66 valence electrons. The van der Waals surface area contributed by atoms with Crippen molar-refractivity contribution in [2.75, 3.05) is 6.61 Å². The van der Waals surface area contributed by atoms with E-state index in [0.29, 0.717) is 0 Å². The number of aliphatic hydroxyl groups excluding tert-OH is 1. The van der Waals surface area contributed by atoms with Crippen LogP contribution >= 0.6 is 0 Å². The third-order valence-electron chi connectivity index (χ3n) is 1.78. The Morgan fingerprint density at radius 3 is 2.64 bits per heavy atom. The Balaban J connectivity index is 3.21. The van der Waals surface area contributed by atoms with Crippen LogP contribution in [0.2, 0.25) is 0 Å². The minimum atomic E-state index is 0.276. The molecule has 0 aromatic heterocycles. The van der Waals surface area contributed by atoms with Crippen molar-refractivity contribution in [2.24, 2.45) is 5.92 Å². The third-order valence-corrected chi connectivity index (χ3v) is 1.78. The molecule has 1 unspecified atom stereocenters. The molecule has 0 aromatic rings. The van der Waals surface area contributed by atoms with Crippen LogP contribution in [0.3, 0.4) is 0 Å². The summed E-state index contributed by atoms with van der Waals surface area (Å²) >= 11 is 0. The van der Waals surface area contributed by atoms with E-state index in [1.54, 1.807) is 0 Å². The fraction of sp³-hybridized carbons (Fsp3) is 0.800. The topological polar surface area (TPSA) is 20.2 Å². The van der Waals surface area contributed by atoms with Crippen LogP contribution in [0, 0.1) is 5.92 Å². The zero-order chi connectivity index (χ0) is 8.53. The van der Waals surface area contributed by atoms with Crippen LogP contribution in [-0.2, 0) is 0 Å². The van der Waals surface area contributed by atoms with Gasteiger partial charge in [-0.2, -0.15) is 0 Å². The Morgan fingerprint density at radius 2 is 2.09 bits per heavy atom. The molecule has 0 aliphatic heterocycles. The van der Waals surface area contributed by atoms with Gasteiger partial charge in [0.05, 0.1) is 0 Å². The SMILES string of the molecule is CCCC(C)C/C=C\CCO. The summed E-state index contributed by atoms with van der Waals surface area (Å²) in [5.74, 6) is 0.801. The van der Waals surface area contributed by atoms with Gasteiger partial charge in [0.2, 0.25) is 0 Å². The maximum absolute atomic E-state index is 8.48. The van der Waals surface area contributed by atoms with Crippen molar-refractivity contribution in [1.29, 1.82) is 0 Å². The van der Waals surface area contributed by atoms with E-state index in [1.807, 2.05) is 0 Å². The van der Waals surface area contributed by atoms with Gasteiger partial charge in [-0.1, -0.05) is 38.8 Å². The molecule has 0 rings (SSSR count). The first-order valence-corrected chi connectivity index (χ1v) is 4.57. The summed E-state index contributed by atoms with van der Waals surface area (Å²) in [6.45, 7) is 4.76. The van der Waals surface area contributed by atoms with E-state index in [0.717, 1.165) is 18.8 Å². The van der Waals surface area contributed by atoms with Crippen LogP contribution < -0.4 is 0 Å². The Bertz CT molecular complexity index is 97.0. The molecule has 0 aromatic carbocycles. The van der Waals surface area contributed by atoms with Gasteiger partial charge >= 0.3 is 0 Å². The highest BCUT2D eigenvalue weighted by Crippen LogP contribution is 2.09. The second-order valence-electron chi connectivity index (χ2n) is 3.11. The minimum absolute atomic E-state index is 0.276. The van der Waals surface area contributed by atoms with Gasteiger partial charge in [-0.05, 0) is 18.8 Å². The smallest absolute Gasteiger partial charge is 0.0465 e. The first kappa shape index (κ1) is 10.7. The van der Waals surface area contributed by atoms with Gasteiger partial charge in [0.25, 0.3) is 0 Å². The van der Waals surface area contributed by atoms with E-state index in [-0.39, 0.29) is 6.61 Å². The molecule has 0 bridgehead atoms. The van der Waals surface area contributed by atoms with Crippen LogP contribution in [0.15, 0.2) is 12.2 Å². The fourth-order valence-electron chi connectivity index (χ4n) is 1.13. The van der Waals surface area contributed by atoms with Crippen molar-refractivity contribution >= 4 is 0 Å². The molecular weight excluding hydrogens is 136 g/mol. The van der Waals surface area contributed by atoms with Crippen LogP contribution in [0.25, 0.3) is 0 Å². The van der Waals surface area contributed by atoms with Crippen molar-refractivity contribution in [1.82, 2.24) is 0 Å². The van der Waals surface area contributed by atoms with Gasteiger partial charge in [0.15, 0.2) is 0 Å². The normalized spacial score (nSPS) is 14.1. The van der Waals surface area contributed by atoms with Crippen LogP contribution in [0.4, 0.5) is 0 Å². The summed E-state index contributed by atoms with van der Waals surface area (Å²) in [5.41, 5.74) is 0. The highest BCUT2D eigenvalue weighted by Gasteiger charge is 1.95. The standard InChI is InChI=1S/C10H20O/c1-3-7-10(2)8-5-4-6-9-11/h4-5,10-11H,3,6-9H2,1-2H3/b5-4-. The quantitative estimate of drug-likeness (QED) is 0.586. The summed E-state index contributed by atoms with van der Waals surface area (Å²) in [6.07, 6.45) is 8.79. The Hall–Kier alpha value is -0.300. The Morgan fingerprint density at radius 1 is 1.36 bits per heavy atom. The minimum Gasteiger partial charge on any atom is -0.396 e. The van der Waals surface area contributed by atoms with Gasteiger partial charge in [-0.25, -0.2) is 0 Å². The molecule has 1 heteroatoms. The zero-order valence-corrected chi connectivity index (χ0v) is 7.71. The van der Waals surface area contributed by atoms with Crippen molar-refractivity contribution in [3.63, 3.8) is 0 Å². The Labute approximate surface area is 70.1 Å². The predicted molar refractivity (Wildman–Crippen MR) is 49.5 cm³/mol. The summed E-state index contributed by atoms with van der Waals surface area (Å²) < 4.78 is 0. The average molecular weight is 156 g/mol. The van der Waals surface area contributed by atoms with E-state index in [4.69, 9.17) is 5.11 Å². The Kier molecular flexibility index (Phi) is 7.59. The van der Waals surface area contributed by atoms with E-state index in [1.165, 1.54) is 12.8 Å². The molecule has 11 heavy (non-hydrogen) atoms. The van der Waals surface area contributed by atoms with Gasteiger partial charge in [-0.3, -0.25) is 0 Å². The second kappa shape index (κ2) is 7.80. The fourth-order valence-corrected chi connectivity index (χ4v) is 1.13. The second-order valence-corrected chi connectivity index (χ2v) is 3.11. The first-order valence-electron chi connectivity index (χ1n) is 4.57. The lowest BCUT2D eigenvalue weighted by molar-refractivity contribution is 0.302. The van der Waals surface area contributed by atoms with Crippen LogP contribution in [-0.4, -0.2) is 11.7 Å². The highest BCUT2D eigenvalue weighted by molar-refractivity contribution is 4.82. The maximum atomic E-state index is 8.48. The molecule has 0 radical (unpaired) electrons. The van der Waals surface area contributed by atoms with Crippen molar-refractivity contribution in [2.45, 2.75) is 39.5 Å². The number of rotatable bonds is 6. The third kappa shape index (κ3) is 7.60. The molecule has 1 nitrogen and oxygen atoms in total. The van der Waals surface area contributed by atoms with E-state index in [2.05, 4.69) is 26.0 Å². The van der Waals surface area contributed by atoms with Gasteiger partial charge in [0, 0.05) is 6.61 Å². The number of allylic oxidation sites excluding steroid dienone is 1. The predicted octanol–water partition coefficient (Wildman–Crippen LogP) is 2.75. The van der Waals surface area contributed by atoms with Crippen LogP contribution in [0.1, 0.15) is 39.5 Å². The van der Waals surface area contributed by atoms with E-state index in [9.17, 15) is 0 Å². The van der Waals surface area contributed by atoms with Gasteiger partial charge < -0.3 is 5.11 Å². The van der Waals surface area contributed by atoms with Gasteiger partial charge in [-0.15, -0.1) is 0 Å². The first-order chi connectivity index (χ1) is 5.31. The summed E-state index contributed by atoms with van der Waals surface area (Å²) in [6, 6.07) is 0. The maximum Gasteiger partial charge on any atom is 0.0465 e. The van der Waals surface area contributed by atoms with Crippen LogP contribution in [0.5, 0.6) is 0 Å². The molecule has 0 saturated heterocycles. The number of aliphatic hydroxyl groups is 1. The number of hydrogen-bond donors (Lipinski definition) is 1. The summed E-state index contributed by atoms with van der Waals surface area (Å²) in [5, 5.41) is 8.48. The average Bonchev–Trinajstić information content (AvgIpc) is 1.99. The molecule has 0 saturated carbocycles. The summed E-state index contributed by atoms with van der Waals surface area (Å²) in [7, 11) is 0. The van der Waals surface area contributed by atoms with Crippen molar-refractivity contribution in [3.05, 3.63) is 12.2 Å². The zero-order valence-electron chi connectivity index (χ0n) is 7.71. The molecule has 0 spiro atoms. The molecule has 0 aliphatic carbocycles. The lowest BCUT2D eigenvalue weighted by Gasteiger charge is -2.04. The largest absolute Gasteiger partial charge is 0.396 e. The molecule has 1 atom stereocenters. The molecular formula is C10H20O. The lowest BCUT2D eigenvalue weighted by Crippen LogP contribution is -1.90. The van der Waals surface area contributed by atoms with Gasteiger partial charge in [0.1, 0.15) is 0 Å². The highest BCUT2D eigenvalue weighted by atomic mass is 16.2.